The molecule has 0 radical (unpaired) electrons. The molecule has 2 aliphatic heterocycles. The van der Waals surface area contributed by atoms with E-state index in [0.717, 1.165) is 50.4 Å². The van der Waals surface area contributed by atoms with Gasteiger partial charge in [-0.1, -0.05) is 18.6 Å². The standard InChI is InChI=1S/C21H33N5O3S.HI/c1-3-22-21(25-15-13-24(14-16-25)18(2)27)23-17-19-7-9-20(10-8-19)30(28,29)26-11-5-4-6-12-26;/h7-10H,3-6,11-17H2,1-2H3,(H,22,23);1H. The first-order valence-corrected chi connectivity index (χ1v) is 12.2. The molecule has 1 aromatic rings. The van der Waals surface area contributed by atoms with Crippen molar-refractivity contribution < 1.29 is 13.2 Å². The smallest absolute Gasteiger partial charge is 0.243 e. The average Bonchev–Trinajstić information content (AvgIpc) is 2.77. The molecule has 0 aliphatic carbocycles. The van der Waals surface area contributed by atoms with Crippen molar-refractivity contribution in [3.63, 3.8) is 0 Å². The Labute approximate surface area is 203 Å². The second kappa shape index (κ2) is 12.0. The van der Waals surface area contributed by atoms with E-state index >= 15 is 0 Å². The third-order valence-corrected chi connectivity index (χ3v) is 7.56. The van der Waals surface area contributed by atoms with Crippen LogP contribution in [-0.4, -0.2) is 80.2 Å². The molecule has 2 saturated heterocycles. The van der Waals surface area contributed by atoms with Crippen LogP contribution in [0.25, 0.3) is 0 Å². The van der Waals surface area contributed by atoms with Crippen LogP contribution in [0.3, 0.4) is 0 Å². The maximum atomic E-state index is 12.8. The molecule has 0 bridgehead atoms. The number of aliphatic imine (C=N–C) groups is 1. The number of carbonyl (C=O) groups is 1. The first kappa shape index (κ1) is 25.9. The summed E-state index contributed by atoms with van der Waals surface area (Å²) >= 11 is 0. The van der Waals surface area contributed by atoms with E-state index in [0.29, 0.717) is 37.6 Å². The molecule has 10 heteroatoms. The molecular formula is C21H34IN5O3S. The number of sulfonamides is 1. The minimum absolute atomic E-state index is 0. The number of hydrogen-bond donors (Lipinski definition) is 1. The number of benzene rings is 1. The van der Waals surface area contributed by atoms with Gasteiger partial charge in [-0.25, -0.2) is 13.4 Å². The lowest BCUT2D eigenvalue weighted by Gasteiger charge is -2.36. The van der Waals surface area contributed by atoms with E-state index < -0.39 is 10.0 Å². The summed E-state index contributed by atoms with van der Waals surface area (Å²) in [5.74, 6) is 0.932. The molecule has 2 fully saturated rings. The first-order valence-electron chi connectivity index (χ1n) is 10.8. The van der Waals surface area contributed by atoms with Crippen LogP contribution < -0.4 is 5.32 Å². The summed E-state index contributed by atoms with van der Waals surface area (Å²) < 4.78 is 27.2. The predicted octanol–water partition coefficient (Wildman–Crippen LogP) is 2.11. The molecule has 1 amide bonds. The molecule has 174 valence electrons. The van der Waals surface area contributed by atoms with Crippen LogP contribution in [0.5, 0.6) is 0 Å². The van der Waals surface area contributed by atoms with E-state index in [1.54, 1.807) is 23.4 Å². The topological polar surface area (TPSA) is 85.3 Å². The largest absolute Gasteiger partial charge is 0.357 e. The van der Waals surface area contributed by atoms with Crippen LogP contribution in [0.1, 0.15) is 38.7 Å². The number of nitrogens with zero attached hydrogens (tertiary/aromatic N) is 4. The number of hydrogen-bond acceptors (Lipinski definition) is 4. The molecule has 2 heterocycles. The number of amides is 1. The van der Waals surface area contributed by atoms with Crippen LogP contribution in [0, 0.1) is 0 Å². The molecule has 1 aromatic carbocycles. The van der Waals surface area contributed by atoms with Gasteiger partial charge >= 0.3 is 0 Å². The van der Waals surface area contributed by atoms with Crippen molar-refractivity contribution in [3.8, 4) is 0 Å². The van der Waals surface area contributed by atoms with Gasteiger partial charge in [-0.05, 0) is 37.5 Å². The zero-order chi connectivity index (χ0) is 21.6. The summed E-state index contributed by atoms with van der Waals surface area (Å²) in [7, 11) is -3.40. The fraction of sp³-hybridized carbons (Fsp3) is 0.619. The zero-order valence-corrected chi connectivity index (χ0v) is 21.6. The quantitative estimate of drug-likeness (QED) is 0.337. The highest BCUT2D eigenvalue weighted by molar-refractivity contribution is 14.0. The monoisotopic (exact) mass is 563 g/mol. The van der Waals surface area contributed by atoms with Gasteiger partial charge in [0.25, 0.3) is 0 Å². The maximum absolute atomic E-state index is 12.8. The number of carbonyl (C=O) groups excluding carboxylic acids is 1. The number of guanidine groups is 1. The molecule has 0 atom stereocenters. The Kier molecular flexibility index (Phi) is 10.0. The van der Waals surface area contributed by atoms with Gasteiger partial charge in [0.15, 0.2) is 5.96 Å². The van der Waals surface area contributed by atoms with Gasteiger partial charge in [-0.3, -0.25) is 4.79 Å². The number of piperazine rings is 1. The molecular weight excluding hydrogens is 529 g/mol. The highest BCUT2D eigenvalue weighted by Crippen LogP contribution is 2.21. The van der Waals surface area contributed by atoms with Crippen molar-refractivity contribution in [2.45, 2.75) is 44.6 Å². The number of piperidine rings is 1. The van der Waals surface area contributed by atoms with Crippen LogP contribution in [0.15, 0.2) is 34.2 Å². The normalized spacial score (nSPS) is 18.5. The molecule has 2 aliphatic rings. The van der Waals surface area contributed by atoms with Crippen LogP contribution in [-0.2, 0) is 21.4 Å². The second-order valence-electron chi connectivity index (χ2n) is 7.77. The van der Waals surface area contributed by atoms with Crippen LogP contribution in [0.4, 0.5) is 0 Å². The fourth-order valence-electron chi connectivity index (χ4n) is 3.85. The lowest BCUT2D eigenvalue weighted by Crippen LogP contribution is -2.53. The molecule has 0 unspecified atom stereocenters. The summed E-state index contributed by atoms with van der Waals surface area (Å²) in [4.78, 5) is 20.6. The molecule has 8 nitrogen and oxygen atoms in total. The summed E-state index contributed by atoms with van der Waals surface area (Å²) in [5, 5.41) is 3.32. The lowest BCUT2D eigenvalue weighted by molar-refractivity contribution is -0.130. The maximum Gasteiger partial charge on any atom is 0.243 e. The highest BCUT2D eigenvalue weighted by atomic mass is 127. The van der Waals surface area contributed by atoms with E-state index in [2.05, 4.69) is 10.2 Å². The molecule has 1 N–H and O–H groups in total. The summed E-state index contributed by atoms with van der Waals surface area (Å²) in [6.07, 6.45) is 2.96. The lowest BCUT2D eigenvalue weighted by atomic mass is 10.2. The molecule has 0 saturated carbocycles. The summed E-state index contributed by atoms with van der Waals surface area (Å²) in [5.41, 5.74) is 0.963. The minimum Gasteiger partial charge on any atom is -0.357 e. The minimum atomic E-state index is -3.40. The Balaban J connectivity index is 0.00000341. The number of halogens is 1. The SMILES string of the molecule is CCNC(=NCc1ccc(S(=O)(=O)N2CCCCC2)cc1)N1CCN(C(C)=O)CC1.I. The van der Waals surface area contributed by atoms with Crippen molar-refractivity contribution in [1.29, 1.82) is 0 Å². The zero-order valence-electron chi connectivity index (χ0n) is 18.4. The molecule has 3 rings (SSSR count). The van der Waals surface area contributed by atoms with Crippen molar-refractivity contribution in [1.82, 2.24) is 19.4 Å². The van der Waals surface area contributed by atoms with Gasteiger partial charge in [-0.2, -0.15) is 4.31 Å². The van der Waals surface area contributed by atoms with Crippen molar-refractivity contribution >= 4 is 45.9 Å². The third kappa shape index (κ3) is 6.79. The Morgan fingerprint density at radius 3 is 2.10 bits per heavy atom. The predicted molar refractivity (Wildman–Crippen MR) is 133 cm³/mol. The van der Waals surface area contributed by atoms with Crippen molar-refractivity contribution in [2.24, 2.45) is 4.99 Å². The van der Waals surface area contributed by atoms with Crippen LogP contribution in [0.2, 0.25) is 0 Å². The van der Waals surface area contributed by atoms with E-state index in [4.69, 9.17) is 4.99 Å². The van der Waals surface area contributed by atoms with Gasteiger partial charge in [0.1, 0.15) is 0 Å². The number of rotatable bonds is 5. The van der Waals surface area contributed by atoms with E-state index in [9.17, 15) is 13.2 Å². The van der Waals surface area contributed by atoms with Gasteiger partial charge < -0.3 is 15.1 Å². The number of nitrogens with one attached hydrogen (secondary N) is 1. The van der Waals surface area contributed by atoms with E-state index in [1.165, 1.54) is 0 Å². The molecule has 0 spiro atoms. The van der Waals surface area contributed by atoms with Gasteiger partial charge in [-0.15, -0.1) is 24.0 Å². The van der Waals surface area contributed by atoms with E-state index in [-0.39, 0.29) is 29.9 Å². The first-order chi connectivity index (χ1) is 14.4. The average molecular weight is 564 g/mol. The molecule has 31 heavy (non-hydrogen) atoms. The Morgan fingerprint density at radius 2 is 1.55 bits per heavy atom. The van der Waals surface area contributed by atoms with Crippen LogP contribution >= 0.6 is 24.0 Å². The highest BCUT2D eigenvalue weighted by Gasteiger charge is 2.25. The van der Waals surface area contributed by atoms with Crippen molar-refractivity contribution in [3.05, 3.63) is 29.8 Å². The summed E-state index contributed by atoms with van der Waals surface area (Å²) in [6, 6.07) is 7.07. The fourth-order valence-corrected chi connectivity index (χ4v) is 5.36. The Morgan fingerprint density at radius 1 is 0.968 bits per heavy atom. The van der Waals surface area contributed by atoms with E-state index in [1.807, 2.05) is 24.0 Å². The summed E-state index contributed by atoms with van der Waals surface area (Å²) in [6.45, 7) is 8.97. The second-order valence-corrected chi connectivity index (χ2v) is 9.71. The molecule has 0 aromatic heterocycles. The Bertz CT molecular complexity index is 846. The van der Waals surface area contributed by atoms with Gasteiger partial charge in [0, 0.05) is 52.7 Å². The van der Waals surface area contributed by atoms with Gasteiger partial charge in [0.2, 0.25) is 15.9 Å². The van der Waals surface area contributed by atoms with Crippen molar-refractivity contribution in [2.75, 3.05) is 45.8 Å². The third-order valence-electron chi connectivity index (χ3n) is 5.65. The van der Waals surface area contributed by atoms with Gasteiger partial charge in [0.05, 0.1) is 11.4 Å². The Hall–Kier alpha value is -1.40.